The van der Waals surface area contributed by atoms with Crippen LogP contribution in [-0.4, -0.2) is 21.6 Å². The molecule has 1 atom stereocenters. The van der Waals surface area contributed by atoms with E-state index in [1.54, 1.807) is 0 Å². The minimum atomic E-state index is -4.93. The lowest BCUT2D eigenvalue weighted by molar-refractivity contribution is -0.137. The number of benzene rings is 3. The van der Waals surface area contributed by atoms with Crippen LogP contribution in [0.25, 0.3) is 10.9 Å². The number of carbonyl (C=O) groups is 2. The van der Waals surface area contributed by atoms with Gasteiger partial charge in [-0.25, -0.2) is 8.78 Å². The zero-order valence-corrected chi connectivity index (χ0v) is 19.8. The molecule has 3 aromatic carbocycles. The molecule has 0 radical (unpaired) electrons. The Hall–Kier alpha value is -4.50. The molecular formula is C25H13ClF5N5O2. The van der Waals surface area contributed by atoms with Gasteiger partial charge in [-0.15, -0.1) is 0 Å². The maximum Gasteiger partial charge on any atom is 0.416 e. The van der Waals surface area contributed by atoms with Crippen molar-refractivity contribution in [2.24, 2.45) is 7.05 Å². The number of rotatable bonds is 3. The number of nitrogens with zero attached hydrogens (tertiary/aromatic N) is 3. The first-order chi connectivity index (χ1) is 17.9. The quantitative estimate of drug-likeness (QED) is 0.333. The molecule has 192 valence electrons. The molecule has 0 bridgehead atoms. The number of aromatic nitrogens is 2. The van der Waals surface area contributed by atoms with E-state index >= 15 is 0 Å². The van der Waals surface area contributed by atoms with Crippen molar-refractivity contribution < 1.29 is 31.5 Å². The fraction of sp³-hybridized carbons (Fsp3) is 0.120. The molecule has 1 aromatic heterocycles. The molecule has 0 spiro atoms. The summed E-state index contributed by atoms with van der Waals surface area (Å²) in [6.07, 6.45) is -4.93. The third-order valence-corrected chi connectivity index (χ3v) is 6.31. The second-order valence-electron chi connectivity index (χ2n) is 8.44. The number of amides is 2. The fourth-order valence-corrected chi connectivity index (χ4v) is 4.62. The first-order valence-corrected chi connectivity index (χ1v) is 11.2. The smallest absolute Gasteiger partial charge is 0.341 e. The SMILES string of the molecule is Cn1nc2cc3c(c(NC(=O)c4cc(F)cc(C(F)(F)F)c4)c2c1C#N)C(c1cc(Cl)ccc1F)NC3=O. The van der Waals surface area contributed by atoms with Crippen LogP contribution in [0.15, 0.2) is 42.5 Å². The summed E-state index contributed by atoms with van der Waals surface area (Å²) in [7, 11) is 1.44. The van der Waals surface area contributed by atoms with E-state index in [0.29, 0.717) is 12.1 Å². The Balaban J connectivity index is 1.75. The summed E-state index contributed by atoms with van der Waals surface area (Å²) in [4.78, 5) is 26.1. The van der Waals surface area contributed by atoms with Crippen molar-refractivity contribution in [3.63, 3.8) is 0 Å². The molecule has 0 aliphatic carbocycles. The molecular weight excluding hydrogens is 533 g/mol. The third kappa shape index (κ3) is 4.10. The van der Waals surface area contributed by atoms with Crippen LogP contribution in [0.2, 0.25) is 5.02 Å². The maximum absolute atomic E-state index is 14.9. The molecule has 13 heteroatoms. The first kappa shape index (κ1) is 25.2. The Kier molecular flexibility index (Phi) is 5.83. The van der Waals surface area contributed by atoms with Crippen molar-refractivity contribution in [2.75, 3.05) is 5.32 Å². The van der Waals surface area contributed by atoms with Crippen LogP contribution in [-0.2, 0) is 13.2 Å². The highest BCUT2D eigenvalue weighted by Gasteiger charge is 2.37. The lowest BCUT2D eigenvalue weighted by Crippen LogP contribution is -2.22. The molecule has 4 aromatic rings. The number of carbonyl (C=O) groups excluding carboxylic acids is 2. The number of alkyl halides is 3. The van der Waals surface area contributed by atoms with Gasteiger partial charge in [-0.3, -0.25) is 14.3 Å². The topological polar surface area (TPSA) is 99.8 Å². The molecule has 7 nitrogen and oxygen atoms in total. The molecule has 1 unspecified atom stereocenters. The monoisotopic (exact) mass is 545 g/mol. The van der Waals surface area contributed by atoms with Crippen LogP contribution in [0.3, 0.4) is 0 Å². The Bertz CT molecular complexity index is 1720. The van der Waals surface area contributed by atoms with E-state index in [4.69, 9.17) is 11.6 Å². The second-order valence-corrected chi connectivity index (χ2v) is 8.88. The molecule has 38 heavy (non-hydrogen) atoms. The van der Waals surface area contributed by atoms with Crippen LogP contribution < -0.4 is 10.6 Å². The average Bonchev–Trinajstić information content (AvgIpc) is 3.35. The van der Waals surface area contributed by atoms with Gasteiger partial charge < -0.3 is 10.6 Å². The number of aryl methyl sites for hydroxylation is 1. The number of halogens is 6. The van der Waals surface area contributed by atoms with Gasteiger partial charge in [-0.05, 0) is 42.5 Å². The number of hydrogen-bond acceptors (Lipinski definition) is 4. The van der Waals surface area contributed by atoms with Gasteiger partial charge in [-0.2, -0.15) is 23.5 Å². The lowest BCUT2D eigenvalue weighted by Gasteiger charge is -2.19. The van der Waals surface area contributed by atoms with Crippen LogP contribution in [0, 0.1) is 23.0 Å². The molecule has 2 amide bonds. The van der Waals surface area contributed by atoms with Gasteiger partial charge in [0.2, 0.25) is 0 Å². The van der Waals surface area contributed by atoms with E-state index in [2.05, 4.69) is 15.7 Å². The molecule has 0 saturated carbocycles. The molecule has 2 heterocycles. The normalized spacial score (nSPS) is 14.8. The van der Waals surface area contributed by atoms with Crippen LogP contribution >= 0.6 is 11.6 Å². The predicted molar refractivity (Wildman–Crippen MR) is 126 cm³/mol. The Morgan fingerprint density at radius 1 is 1.18 bits per heavy atom. The van der Waals surface area contributed by atoms with Gasteiger partial charge in [0.25, 0.3) is 11.8 Å². The van der Waals surface area contributed by atoms with Crippen molar-refractivity contribution in [3.8, 4) is 6.07 Å². The Labute approximate surface area is 215 Å². The van der Waals surface area contributed by atoms with E-state index in [0.717, 1.165) is 6.07 Å². The van der Waals surface area contributed by atoms with Crippen molar-refractivity contribution in [3.05, 3.63) is 92.6 Å². The van der Waals surface area contributed by atoms with Gasteiger partial charge in [0, 0.05) is 34.3 Å². The third-order valence-electron chi connectivity index (χ3n) is 6.07. The molecule has 1 aliphatic rings. The highest BCUT2D eigenvalue weighted by atomic mass is 35.5. The van der Waals surface area contributed by atoms with Crippen LogP contribution in [0.5, 0.6) is 0 Å². The van der Waals surface area contributed by atoms with Crippen molar-refractivity contribution >= 4 is 40.0 Å². The summed E-state index contributed by atoms with van der Waals surface area (Å²) in [5, 5.41) is 19.2. The highest BCUT2D eigenvalue weighted by molar-refractivity contribution is 6.30. The summed E-state index contributed by atoms with van der Waals surface area (Å²) in [5.41, 5.74) is -2.23. The second kappa shape index (κ2) is 8.81. The number of hydrogen-bond donors (Lipinski definition) is 2. The number of nitrogens with one attached hydrogen (secondary N) is 2. The molecule has 1 aliphatic heterocycles. The van der Waals surface area contributed by atoms with Crippen molar-refractivity contribution in [1.29, 1.82) is 5.26 Å². The van der Waals surface area contributed by atoms with E-state index in [9.17, 15) is 36.8 Å². The Morgan fingerprint density at radius 2 is 1.92 bits per heavy atom. The maximum atomic E-state index is 14.9. The number of anilines is 1. The number of fused-ring (bicyclic) bond motifs is 2. The van der Waals surface area contributed by atoms with Gasteiger partial charge >= 0.3 is 6.18 Å². The zero-order chi connectivity index (χ0) is 27.5. The highest BCUT2D eigenvalue weighted by Crippen LogP contribution is 2.43. The average molecular weight is 546 g/mol. The van der Waals surface area contributed by atoms with Crippen LogP contribution in [0.4, 0.5) is 27.6 Å². The lowest BCUT2D eigenvalue weighted by atomic mass is 9.93. The van der Waals surface area contributed by atoms with Crippen molar-refractivity contribution in [1.82, 2.24) is 15.1 Å². The van der Waals surface area contributed by atoms with Gasteiger partial charge in [0.15, 0.2) is 0 Å². The summed E-state index contributed by atoms with van der Waals surface area (Å²) in [5.74, 6) is -3.86. The minimum absolute atomic E-state index is 0.0185. The molecule has 0 fully saturated rings. The standard InChI is InChI=1S/C25H13ClF5N5O2/c1-36-18(9-32)20-17(35-36)8-15-19(21(33-24(15)38)14-7-12(26)2-3-16(14)28)22(20)34-23(37)10-4-11(25(29,30)31)6-13(27)5-10/h2-8,21H,1H3,(H,33,38)(H,34,37). The fourth-order valence-electron chi connectivity index (χ4n) is 4.44. The van der Waals surface area contributed by atoms with Gasteiger partial charge in [0.05, 0.1) is 28.2 Å². The van der Waals surface area contributed by atoms with Gasteiger partial charge in [-0.1, -0.05) is 11.6 Å². The van der Waals surface area contributed by atoms with Crippen molar-refractivity contribution in [2.45, 2.75) is 12.2 Å². The predicted octanol–water partition coefficient (Wildman–Crippen LogP) is 5.48. The largest absolute Gasteiger partial charge is 0.416 e. The van der Waals surface area contributed by atoms with E-state index in [1.807, 2.05) is 6.07 Å². The summed E-state index contributed by atoms with van der Waals surface area (Å²) < 4.78 is 69.8. The summed E-state index contributed by atoms with van der Waals surface area (Å²) >= 11 is 6.04. The molecule has 2 N–H and O–H groups in total. The molecule has 0 saturated heterocycles. The van der Waals surface area contributed by atoms with E-state index in [-0.39, 0.29) is 50.1 Å². The van der Waals surface area contributed by atoms with Gasteiger partial charge in [0.1, 0.15) is 23.4 Å². The Morgan fingerprint density at radius 3 is 2.61 bits per heavy atom. The van der Waals surface area contributed by atoms with E-state index in [1.165, 1.54) is 29.9 Å². The summed E-state index contributed by atoms with van der Waals surface area (Å²) in [6.45, 7) is 0. The van der Waals surface area contributed by atoms with Crippen LogP contribution in [0.1, 0.15) is 49.1 Å². The van der Waals surface area contributed by atoms with E-state index < -0.39 is 46.8 Å². The zero-order valence-electron chi connectivity index (χ0n) is 19.0. The number of nitriles is 1. The molecule has 5 rings (SSSR count). The minimum Gasteiger partial charge on any atom is -0.341 e. The first-order valence-electron chi connectivity index (χ1n) is 10.8. The summed E-state index contributed by atoms with van der Waals surface area (Å²) in [6, 6.07) is 7.03.